The van der Waals surface area contributed by atoms with Crippen LogP contribution in [0.25, 0.3) is 10.2 Å². The Morgan fingerprint density at radius 3 is 2.89 bits per heavy atom. The number of benzene rings is 1. The number of rotatable bonds is 10. The minimum absolute atomic E-state index is 0.0510. The van der Waals surface area contributed by atoms with E-state index in [1.807, 2.05) is 24.3 Å². The number of carbonyl (C=O) groups is 2. The number of unbranched alkanes of at least 4 members (excludes halogenated alkanes) is 3. The number of hydrogen-bond acceptors (Lipinski definition) is 5. The molecule has 0 bridgehead atoms. The maximum Gasteiger partial charge on any atom is 0.306 e. The van der Waals surface area contributed by atoms with E-state index in [0.717, 1.165) is 54.3 Å². The molecule has 2 aromatic rings. The summed E-state index contributed by atoms with van der Waals surface area (Å²) in [7, 11) is 0. The number of carbonyl (C=O) groups excluding carboxylic acids is 2. The van der Waals surface area contributed by atoms with Crippen molar-refractivity contribution in [2.75, 3.05) is 13.2 Å². The molecule has 0 fully saturated rings. The maximum atomic E-state index is 12.2. The number of amides is 1. The molecule has 0 saturated carbocycles. The highest BCUT2D eigenvalue weighted by molar-refractivity contribution is 7.16. The number of hydrogen-bond donors (Lipinski definition) is 1. The fraction of sp³-hybridized carbons (Fsp3) is 0.409. The van der Waals surface area contributed by atoms with Crippen molar-refractivity contribution < 1.29 is 14.3 Å². The first-order valence-electron chi connectivity index (χ1n) is 9.85. The number of thiazole rings is 1. The van der Waals surface area contributed by atoms with Crippen molar-refractivity contribution in [1.29, 1.82) is 0 Å². The van der Waals surface area contributed by atoms with E-state index in [1.165, 1.54) is 11.3 Å². The van der Waals surface area contributed by atoms with Crippen LogP contribution in [0.4, 0.5) is 0 Å². The highest BCUT2D eigenvalue weighted by Gasteiger charge is 2.07. The van der Waals surface area contributed by atoms with Crippen molar-refractivity contribution in [3.63, 3.8) is 0 Å². The van der Waals surface area contributed by atoms with Gasteiger partial charge in [-0.2, -0.15) is 0 Å². The first-order chi connectivity index (χ1) is 13.7. The third-order valence-electron chi connectivity index (χ3n) is 4.66. The van der Waals surface area contributed by atoms with E-state index in [1.54, 1.807) is 5.51 Å². The lowest BCUT2D eigenvalue weighted by Gasteiger charge is -2.08. The molecule has 1 aliphatic rings. The van der Waals surface area contributed by atoms with E-state index >= 15 is 0 Å². The molecule has 0 atom stereocenters. The lowest BCUT2D eigenvalue weighted by atomic mass is 10.1. The molecule has 1 aromatic carbocycles. The van der Waals surface area contributed by atoms with Gasteiger partial charge >= 0.3 is 5.97 Å². The van der Waals surface area contributed by atoms with Crippen molar-refractivity contribution in [3.8, 4) is 0 Å². The van der Waals surface area contributed by atoms with Gasteiger partial charge in [0.25, 0.3) is 5.91 Å². The second-order valence-electron chi connectivity index (χ2n) is 6.87. The van der Waals surface area contributed by atoms with E-state index in [9.17, 15) is 9.59 Å². The molecule has 0 saturated heterocycles. The Morgan fingerprint density at radius 1 is 1.14 bits per heavy atom. The van der Waals surface area contributed by atoms with Crippen LogP contribution in [0.5, 0.6) is 0 Å². The SMILES string of the molecule is O=C(CCCCCCNC(=O)c1ccc2ncsc2c1)OCC1=CCCC=C1. The molecule has 1 N–H and O–H groups in total. The van der Waals surface area contributed by atoms with Gasteiger partial charge in [-0.3, -0.25) is 9.59 Å². The number of esters is 1. The van der Waals surface area contributed by atoms with Crippen LogP contribution in [0.3, 0.4) is 0 Å². The molecule has 6 heteroatoms. The van der Waals surface area contributed by atoms with Gasteiger partial charge in [0.1, 0.15) is 6.61 Å². The van der Waals surface area contributed by atoms with Crippen molar-refractivity contribution in [3.05, 3.63) is 53.1 Å². The molecule has 0 spiro atoms. The van der Waals surface area contributed by atoms with Crippen LogP contribution >= 0.6 is 11.3 Å². The number of nitrogens with one attached hydrogen (secondary N) is 1. The van der Waals surface area contributed by atoms with Crippen LogP contribution in [0.15, 0.2) is 47.5 Å². The molecule has 1 aromatic heterocycles. The van der Waals surface area contributed by atoms with Crippen molar-refractivity contribution >= 4 is 33.4 Å². The Bertz CT molecular complexity index is 870. The number of allylic oxidation sites excluding steroid dienone is 2. The summed E-state index contributed by atoms with van der Waals surface area (Å²) < 4.78 is 6.32. The smallest absolute Gasteiger partial charge is 0.306 e. The van der Waals surface area contributed by atoms with Gasteiger partial charge in [0.15, 0.2) is 0 Å². The molecule has 1 heterocycles. The van der Waals surface area contributed by atoms with Gasteiger partial charge in [-0.1, -0.05) is 31.1 Å². The van der Waals surface area contributed by atoms with Crippen LogP contribution in [-0.4, -0.2) is 30.0 Å². The Labute approximate surface area is 169 Å². The standard InChI is InChI=1S/C22H26N2O3S/c25-21(27-15-17-8-4-3-5-9-17)10-6-1-2-7-13-23-22(26)18-11-12-19-20(14-18)28-16-24-19/h4,8-9,11-12,14,16H,1-3,5-7,10,13,15H2,(H,23,26). The summed E-state index contributed by atoms with van der Waals surface area (Å²) in [5.74, 6) is -0.184. The van der Waals surface area contributed by atoms with E-state index < -0.39 is 0 Å². The average Bonchev–Trinajstić information content (AvgIpc) is 3.20. The summed E-state index contributed by atoms with van der Waals surface area (Å²) in [6.45, 7) is 1.03. The number of nitrogens with zero attached hydrogens (tertiary/aromatic N) is 1. The van der Waals surface area contributed by atoms with Gasteiger partial charge in [0, 0.05) is 18.5 Å². The van der Waals surface area contributed by atoms with Gasteiger partial charge in [-0.25, -0.2) is 4.98 Å². The third kappa shape index (κ3) is 6.30. The largest absolute Gasteiger partial charge is 0.461 e. The monoisotopic (exact) mass is 398 g/mol. The predicted octanol–water partition coefficient (Wildman–Crippen LogP) is 4.80. The highest BCUT2D eigenvalue weighted by atomic mass is 32.1. The summed E-state index contributed by atoms with van der Waals surface area (Å²) in [4.78, 5) is 28.2. The molecular formula is C22H26N2O3S. The van der Waals surface area contributed by atoms with E-state index in [0.29, 0.717) is 25.1 Å². The summed E-state index contributed by atoms with van der Waals surface area (Å²) in [6, 6.07) is 5.57. The Kier molecular flexibility index (Phi) is 7.79. The van der Waals surface area contributed by atoms with Crippen molar-refractivity contribution in [2.24, 2.45) is 0 Å². The van der Waals surface area contributed by atoms with E-state index in [-0.39, 0.29) is 11.9 Å². The fourth-order valence-electron chi connectivity index (χ4n) is 3.06. The highest BCUT2D eigenvalue weighted by Crippen LogP contribution is 2.19. The summed E-state index contributed by atoms with van der Waals surface area (Å²) in [6.07, 6.45) is 12.5. The lowest BCUT2D eigenvalue weighted by molar-refractivity contribution is -0.142. The van der Waals surface area contributed by atoms with Crippen LogP contribution in [0, 0.1) is 0 Å². The third-order valence-corrected chi connectivity index (χ3v) is 5.45. The van der Waals surface area contributed by atoms with Gasteiger partial charge in [-0.05, 0) is 49.5 Å². The second-order valence-corrected chi connectivity index (χ2v) is 7.76. The zero-order valence-electron chi connectivity index (χ0n) is 16.0. The Morgan fingerprint density at radius 2 is 2.04 bits per heavy atom. The summed E-state index contributed by atoms with van der Waals surface area (Å²) in [5.41, 5.74) is 4.46. The average molecular weight is 399 g/mol. The van der Waals surface area contributed by atoms with Gasteiger partial charge in [0.2, 0.25) is 0 Å². The topological polar surface area (TPSA) is 68.3 Å². The molecular weight excluding hydrogens is 372 g/mol. The van der Waals surface area contributed by atoms with Crippen LogP contribution in [0.2, 0.25) is 0 Å². The lowest BCUT2D eigenvalue weighted by Crippen LogP contribution is -2.24. The molecule has 0 unspecified atom stereocenters. The van der Waals surface area contributed by atoms with Crippen molar-refractivity contribution in [1.82, 2.24) is 10.3 Å². The minimum atomic E-state index is -0.133. The zero-order chi connectivity index (χ0) is 19.6. The van der Waals surface area contributed by atoms with Crippen LogP contribution < -0.4 is 5.32 Å². The number of fused-ring (bicyclic) bond motifs is 1. The Balaban J connectivity index is 1.23. The summed E-state index contributed by atoms with van der Waals surface area (Å²) in [5, 5.41) is 2.95. The molecule has 0 radical (unpaired) electrons. The molecule has 5 nitrogen and oxygen atoms in total. The summed E-state index contributed by atoms with van der Waals surface area (Å²) >= 11 is 1.53. The first kappa shape index (κ1) is 20.3. The fourth-order valence-corrected chi connectivity index (χ4v) is 3.78. The predicted molar refractivity (Wildman–Crippen MR) is 112 cm³/mol. The van der Waals surface area contributed by atoms with Crippen LogP contribution in [-0.2, 0) is 9.53 Å². The molecule has 28 heavy (non-hydrogen) atoms. The van der Waals surface area contributed by atoms with Crippen LogP contribution in [0.1, 0.15) is 55.3 Å². The van der Waals surface area contributed by atoms with Gasteiger partial charge in [0.05, 0.1) is 15.7 Å². The molecule has 1 amide bonds. The zero-order valence-corrected chi connectivity index (χ0v) is 16.8. The minimum Gasteiger partial charge on any atom is -0.461 e. The second kappa shape index (κ2) is 10.8. The maximum absolute atomic E-state index is 12.2. The van der Waals surface area contributed by atoms with E-state index in [4.69, 9.17) is 4.74 Å². The number of ether oxygens (including phenoxy) is 1. The van der Waals surface area contributed by atoms with Gasteiger partial charge in [-0.15, -0.1) is 11.3 Å². The molecule has 148 valence electrons. The normalized spacial score (nSPS) is 13.4. The Hall–Kier alpha value is -2.47. The van der Waals surface area contributed by atoms with Gasteiger partial charge < -0.3 is 10.1 Å². The van der Waals surface area contributed by atoms with E-state index in [2.05, 4.69) is 22.5 Å². The molecule has 3 rings (SSSR count). The first-order valence-corrected chi connectivity index (χ1v) is 10.7. The quantitative estimate of drug-likeness (QED) is 0.461. The van der Waals surface area contributed by atoms with Crippen molar-refractivity contribution in [2.45, 2.75) is 44.9 Å². The molecule has 1 aliphatic carbocycles. The number of aromatic nitrogens is 1. The molecule has 0 aliphatic heterocycles.